The second kappa shape index (κ2) is 10.5. The number of aryl methyl sites for hydroxylation is 1. The fourth-order valence-corrected chi connectivity index (χ4v) is 3.76. The number of carbonyl (C=O) groups excluding carboxylic acids is 1. The van der Waals surface area contributed by atoms with Crippen LogP contribution >= 0.6 is 15.9 Å². The largest absolute Gasteiger partial charge is 0.463 e. The topological polar surface area (TPSA) is 69.7 Å². The standard InChI is InChI=1S/C21H19BrF2O5S/c1-3-28-21(25)16(11-15-5-4-6-17(22)12-15)13-19(20(23)24)29-30(26,27)18-9-7-14(2)8-10-18/h4-12H,3,13H2,1-2H3/b16-11-. The maximum atomic E-state index is 13.5. The molecule has 9 heteroatoms. The molecule has 0 aliphatic carbocycles. The van der Waals surface area contributed by atoms with Gasteiger partial charge in [-0.2, -0.15) is 17.2 Å². The van der Waals surface area contributed by atoms with Crippen molar-refractivity contribution in [2.24, 2.45) is 0 Å². The molecule has 2 aromatic carbocycles. The molecule has 2 aromatic rings. The SMILES string of the molecule is CCOC(=O)/C(=C\c1cccc(Br)c1)CC(OS(=O)(=O)c1ccc(C)cc1)=C(F)F. The third-order valence-electron chi connectivity index (χ3n) is 3.81. The normalized spacial score (nSPS) is 11.7. The van der Waals surface area contributed by atoms with Gasteiger partial charge in [0.05, 0.1) is 6.61 Å². The molecule has 160 valence electrons. The van der Waals surface area contributed by atoms with Gasteiger partial charge in [0.15, 0.2) is 5.76 Å². The number of rotatable bonds is 8. The van der Waals surface area contributed by atoms with E-state index < -0.39 is 34.3 Å². The van der Waals surface area contributed by atoms with Crippen LogP contribution in [0.15, 0.2) is 75.3 Å². The van der Waals surface area contributed by atoms with Crippen molar-refractivity contribution < 1.29 is 30.9 Å². The third-order valence-corrected chi connectivity index (χ3v) is 5.57. The average Bonchev–Trinajstić information content (AvgIpc) is 2.67. The molecule has 0 fully saturated rings. The van der Waals surface area contributed by atoms with Crippen LogP contribution in [-0.2, 0) is 23.8 Å². The summed E-state index contributed by atoms with van der Waals surface area (Å²) in [6, 6.07) is 12.3. The van der Waals surface area contributed by atoms with Crippen molar-refractivity contribution in [3.05, 3.63) is 81.5 Å². The Morgan fingerprint density at radius 3 is 2.37 bits per heavy atom. The fraction of sp³-hybridized carbons (Fsp3) is 0.190. The van der Waals surface area contributed by atoms with E-state index in [1.165, 1.54) is 30.3 Å². The molecule has 0 aliphatic rings. The molecule has 0 atom stereocenters. The van der Waals surface area contributed by atoms with Gasteiger partial charge < -0.3 is 8.92 Å². The highest BCUT2D eigenvalue weighted by atomic mass is 79.9. The van der Waals surface area contributed by atoms with Crippen molar-refractivity contribution in [3.8, 4) is 0 Å². The van der Waals surface area contributed by atoms with Crippen molar-refractivity contribution in [1.29, 1.82) is 0 Å². The van der Waals surface area contributed by atoms with Gasteiger partial charge in [-0.3, -0.25) is 0 Å². The molecule has 0 aliphatic heterocycles. The van der Waals surface area contributed by atoms with E-state index >= 15 is 0 Å². The zero-order chi connectivity index (χ0) is 22.3. The summed E-state index contributed by atoms with van der Waals surface area (Å²) in [6.45, 7) is 3.34. The van der Waals surface area contributed by atoms with Gasteiger partial charge >= 0.3 is 22.2 Å². The van der Waals surface area contributed by atoms with Crippen molar-refractivity contribution >= 4 is 38.1 Å². The monoisotopic (exact) mass is 500 g/mol. The molecule has 0 unspecified atom stereocenters. The maximum absolute atomic E-state index is 13.5. The van der Waals surface area contributed by atoms with Gasteiger partial charge in [-0.25, -0.2) is 4.79 Å². The lowest BCUT2D eigenvalue weighted by Gasteiger charge is -2.12. The van der Waals surface area contributed by atoms with E-state index in [4.69, 9.17) is 4.74 Å². The Balaban J connectivity index is 2.38. The highest BCUT2D eigenvalue weighted by molar-refractivity contribution is 9.10. The van der Waals surface area contributed by atoms with Crippen molar-refractivity contribution in [1.82, 2.24) is 0 Å². The quantitative estimate of drug-likeness (QED) is 0.204. The molecule has 0 saturated carbocycles. The Labute approximate surface area is 182 Å². The van der Waals surface area contributed by atoms with Crippen LogP contribution in [0.1, 0.15) is 24.5 Å². The van der Waals surface area contributed by atoms with Crippen molar-refractivity contribution in [3.63, 3.8) is 0 Å². The molecule has 0 heterocycles. The Morgan fingerprint density at radius 2 is 1.80 bits per heavy atom. The summed E-state index contributed by atoms with van der Waals surface area (Å²) in [6.07, 6.45) is -1.78. The van der Waals surface area contributed by atoms with Crippen LogP contribution in [0.4, 0.5) is 8.78 Å². The first-order valence-electron chi connectivity index (χ1n) is 8.81. The van der Waals surface area contributed by atoms with Crippen LogP contribution in [0.5, 0.6) is 0 Å². The summed E-state index contributed by atoms with van der Waals surface area (Å²) in [7, 11) is -4.51. The number of benzene rings is 2. The predicted octanol–water partition coefficient (Wildman–Crippen LogP) is 5.61. The van der Waals surface area contributed by atoms with Crippen LogP contribution in [0.3, 0.4) is 0 Å². The third kappa shape index (κ3) is 6.77. The number of carbonyl (C=O) groups is 1. The molecule has 2 rings (SSSR count). The molecular weight excluding hydrogens is 482 g/mol. The maximum Gasteiger partial charge on any atom is 0.339 e. The molecule has 0 N–H and O–H groups in total. The van der Waals surface area contributed by atoms with Crippen molar-refractivity contribution in [2.45, 2.75) is 25.2 Å². The van der Waals surface area contributed by atoms with E-state index in [9.17, 15) is 22.0 Å². The molecular formula is C21H19BrF2O5S. The van der Waals surface area contributed by atoms with Crippen LogP contribution in [0.25, 0.3) is 6.08 Å². The molecule has 0 bridgehead atoms. The molecule has 30 heavy (non-hydrogen) atoms. The van der Waals surface area contributed by atoms with E-state index in [1.807, 2.05) is 0 Å². The van der Waals surface area contributed by atoms with Crippen LogP contribution in [0, 0.1) is 6.92 Å². The van der Waals surface area contributed by atoms with E-state index in [2.05, 4.69) is 20.1 Å². The lowest BCUT2D eigenvalue weighted by atomic mass is 10.1. The van der Waals surface area contributed by atoms with Gasteiger partial charge in [-0.05, 0) is 49.8 Å². The second-order valence-corrected chi connectivity index (χ2v) is 8.62. The average molecular weight is 501 g/mol. The molecule has 0 amide bonds. The summed E-state index contributed by atoms with van der Waals surface area (Å²) in [5.41, 5.74) is 1.15. The van der Waals surface area contributed by atoms with E-state index in [-0.39, 0.29) is 17.1 Å². The Hall–Kier alpha value is -2.52. The number of hydrogen-bond donors (Lipinski definition) is 0. The first-order valence-corrected chi connectivity index (χ1v) is 11.0. The summed E-state index contributed by atoms with van der Waals surface area (Å²) >= 11 is 3.29. The lowest BCUT2D eigenvalue weighted by molar-refractivity contribution is -0.138. The number of hydrogen-bond acceptors (Lipinski definition) is 5. The minimum atomic E-state index is -4.51. The van der Waals surface area contributed by atoms with Gasteiger partial charge in [0.1, 0.15) is 4.90 Å². The van der Waals surface area contributed by atoms with Crippen LogP contribution < -0.4 is 0 Å². The predicted molar refractivity (Wildman–Crippen MR) is 112 cm³/mol. The highest BCUT2D eigenvalue weighted by Gasteiger charge is 2.24. The second-order valence-electron chi connectivity index (χ2n) is 6.16. The Kier molecular flexibility index (Phi) is 8.31. The Bertz CT molecular complexity index is 1070. The summed E-state index contributed by atoms with van der Waals surface area (Å²) in [5.74, 6) is -2.00. The molecule has 5 nitrogen and oxygen atoms in total. The van der Waals surface area contributed by atoms with Gasteiger partial charge in [-0.15, -0.1) is 0 Å². The van der Waals surface area contributed by atoms with E-state index in [1.54, 1.807) is 38.1 Å². The van der Waals surface area contributed by atoms with Gasteiger partial charge in [-0.1, -0.05) is 45.8 Å². The number of allylic oxidation sites excluding steroid dienone is 1. The molecule has 0 spiro atoms. The fourth-order valence-electron chi connectivity index (χ4n) is 2.39. The van der Waals surface area contributed by atoms with E-state index in [0.717, 1.165) is 5.56 Å². The summed E-state index contributed by atoms with van der Waals surface area (Å²) in [5, 5.41) is 0. The molecule has 0 radical (unpaired) electrons. The van der Waals surface area contributed by atoms with Gasteiger partial charge in [0.2, 0.25) is 0 Å². The summed E-state index contributed by atoms with van der Waals surface area (Å²) < 4.78 is 62.2. The van der Waals surface area contributed by atoms with Gasteiger partial charge in [0, 0.05) is 16.5 Å². The first kappa shape index (κ1) is 23.8. The first-order chi connectivity index (χ1) is 14.1. The number of esters is 1. The molecule has 0 saturated heterocycles. The summed E-state index contributed by atoms with van der Waals surface area (Å²) in [4.78, 5) is 12.0. The number of halogens is 3. The minimum absolute atomic E-state index is 0.0222. The zero-order valence-electron chi connectivity index (χ0n) is 16.2. The zero-order valence-corrected chi connectivity index (χ0v) is 18.6. The molecule has 0 aromatic heterocycles. The highest BCUT2D eigenvalue weighted by Crippen LogP contribution is 2.26. The Morgan fingerprint density at radius 1 is 1.13 bits per heavy atom. The minimum Gasteiger partial charge on any atom is -0.463 e. The van der Waals surface area contributed by atoms with Crippen LogP contribution in [-0.4, -0.2) is 21.0 Å². The smallest absolute Gasteiger partial charge is 0.339 e. The number of ether oxygens (including phenoxy) is 1. The van der Waals surface area contributed by atoms with Gasteiger partial charge in [0.25, 0.3) is 0 Å². The van der Waals surface area contributed by atoms with E-state index in [0.29, 0.717) is 10.0 Å². The van der Waals surface area contributed by atoms with Crippen LogP contribution in [0.2, 0.25) is 0 Å². The lowest BCUT2D eigenvalue weighted by Crippen LogP contribution is -2.12. The van der Waals surface area contributed by atoms with Crippen molar-refractivity contribution in [2.75, 3.05) is 6.61 Å².